The number of thiophene rings is 1. The number of carboxylic acids is 1. The van der Waals surface area contributed by atoms with Crippen molar-refractivity contribution in [2.45, 2.75) is 0 Å². The Morgan fingerprint density at radius 3 is 2.38 bits per heavy atom. The smallest absolute Gasteiger partial charge is 0.345 e. The van der Waals surface area contributed by atoms with Gasteiger partial charge < -0.3 is 5.11 Å². The van der Waals surface area contributed by atoms with Crippen LogP contribution in [0.5, 0.6) is 0 Å². The molecule has 3 heteroatoms. The lowest BCUT2D eigenvalue weighted by Gasteiger charge is -1.96. The minimum absolute atomic E-state index is 0.394. The number of carboxylic acid groups (broad SMARTS) is 1. The maximum Gasteiger partial charge on any atom is 0.345 e. The van der Waals surface area contributed by atoms with Crippen LogP contribution in [-0.2, 0) is 0 Å². The number of carbonyl (C=O) groups is 1. The molecule has 0 amide bonds. The average Bonchev–Trinajstić information content (AvgIpc) is 2.68. The van der Waals surface area contributed by atoms with Crippen molar-refractivity contribution in [2.75, 3.05) is 0 Å². The van der Waals surface area contributed by atoms with Gasteiger partial charge in [-0.15, -0.1) is 11.3 Å². The molecular weight excluding hydrogens is 220 g/mol. The molecule has 0 aliphatic heterocycles. The van der Waals surface area contributed by atoms with Crippen LogP contribution >= 0.6 is 11.3 Å². The first-order valence-corrected chi connectivity index (χ1v) is 5.71. The zero-order valence-electron chi connectivity index (χ0n) is 8.31. The molecule has 2 nitrogen and oxygen atoms in total. The third kappa shape index (κ3) is 1.37. The van der Waals surface area contributed by atoms with E-state index in [4.69, 9.17) is 5.11 Å². The highest BCUT2D eigenvalue weighted by Gasteiger charge is 2.08. The summed E-state index contributed by atoms with van der Waals surface area (Å²) in [6.45, 7) is 0. The van der Waals surface area contributed by atoms with Crippen molar-refractivity contribution in [3.05, 3.63) is 47.3 Å². The minimum Gasteiger partial charge on any atom is -0.477 e. The highest BCUT2D eigenvalue weighted by molar-refractivity contribution is 7.20. The zero-order valence-corrected chi connectivity index (χ0v) is 9.12. The second-order valence-electron chi connectivity index (χ2n) is 3.65. The quantitative estimate of drug-likeness (QED) is 0.688. The summed E-state index contributed by atoms with van der Waals surface area (Å²) < 4.78 is 1.02. The van der Waals surface area contributed by atoms with Gasteiger partial charge in [0.15, 0.2) is 0 Å². The van der Waals surface area contributed by atoms with Crippen molar-refractivity contribution < 1.29 is 9.90 Å². The van der Waals surface area contributed by atoms with Crippen LogP contribution in [0, 0.1) is 0 Å². The van der Waals surface area contributed by atoms with Gasteiger partial charge in [-0.05, 0) is 34.4 Å². The molecule has 0 fully saturated rings. The molecule has 0 aliphatic rings. The molecule has 78 valence electrons. The summed E-state index contributed by atoms with van der Waals surface area (Å²) in [5, 5.41) is 12.2. The summed E-state index contributed by atoms with van der Waals surface area (Å²) in [7, 11) is 0. The molecule has 0 saturated heterocycles. The average molecular weight is 228 g/mol. The lowest BCUT2D eigenvalue weighted by atomic mass is 10.1. The lowest BCUT2D eigenvalue weighted by Crippen LogP contribution is -1.89. The second kappa shape index (κ2) is 3.32. The van der Waals surface area contributed by atoms with E-state index >= 15 is 0 Å². The summed E-state index contributed by atoms with van der Waals surface area (Å²) in [6, 6.07) is 13.9. The topological polar surface area (TPSA) is 37.3 Å². The van der Waals surface area contributed by atoms with Crippen LogP contribution in [0.3, 0.4) is 0 Å². The maximum absolute atomic E-state index is 10.9. The first kappa shape index (κ1) is 9.36. The van der Waals surface area contributed by atoms with Crippen LogP contribution in [0.2, 0.25) is 0 Å². The molecule has 0 atom stereocenters. The van der Waals surface area contributed by atoms with E-state index in [0.717, 1.165) is 20.9 Å². The largest absolute Gasteiger partial charge is 0.477 e. The van der Waals surface area contributed by atoms with E-state index in [1.54, 1.807) is 6.07 Å². The SMILES string of the molecule is O=C(O)c1cc2cc3ccccc3cc2s1. The Bertz CT molecular complexity index is 645. The van der Waals surface area contributed by atoms with Crippen LogP contribution in [0.4, 0.5) is 0 Å². The van der Waals surface area contributed by atoms with Gasteiger partial charge in [0.1, 0.15) is 4.88 Å². The van der Waals surface area contributed by atoms with Crippen LogP contribution in [0.25, 0.3) is 20.9 Å². The highest BCUT2D eigenvalue weighted by Crippen LogP contribution is 2.29. The third-order valence-electron chi connectivity index (χ3n) is 2.60. The zero-order chi connectivity index (χ0) is 11.1. The number of hydrogen-bond donors (Lipinski definition) is 1. The van der Waals surface area contributed by atoms with Crippen molar-refractivity contribution in [2.24, 2.45) is 0 Å². The van der Waals surface area contributed by atoms with Gasteiger partial charge in [-0.1, -0.05) is 24.3 Å². The Hall–Kier alpha value is -1.87. The van der Waals surface area contributed by atoms with Gasteiger partial charge in [0.05, 0.1) is 0 Å². The van der Waals surface area contributed by atoms with Gasteiger partial charge in [0, 0.05) is 4.70 Å². The monoisotopic (exact) mass is 228 g/mol. The fourth-order valence-corrected chi connectivity index (χ4v) is 2.76. The standard InChI is InChI=1S/C13H8O2S/c14-13(15)12-7-10-5-8-3-1-2-4-9(8)6-11(10)16-12/h1-7H,(H,14,15). The van der Waals surface area contributed by atoms with Gasteiger partial charge in [0.2, 0.25) is 0 Å². The highest BCUT2D eigenvalue weighted by atomic mass is 32.1. The number of rotatable bonds is 1. The van der Waals surface area contributed by atoms with Crippen molar-refractivity contribution in [1.29, 1.82) is 0 Å². The predicted octanol–water partition coefficient (Wildman–Crippen LogP) is 3.75. The molecule has 1 aromatic heterocycles. The van der Waals surface area contributed by atoms with Crippen LogP contribution in [0.15, 0.2) is 42.5 Å². The summed E-state index contributed by atoms with van der Waals surface area (Å²) >= 11 is 1.32. The van der Waals surface area contributed by atoms with E-state index in [0.29, 0.717) is 4.88 Å². The molecule has 0 aliphatic carbocycles. The Balaban J connectivity index is 2.38. The third-order valence-corrected chi connectivity index (χ3v) is 3.68. The molecule has 3 aromatic rings. The number of fused-ring (bicyclic) bond motifs is 2. The first-order valence-electron chi connectivity index (χ1n) is 4.90. The number of hydrogen-bond acceptors (Lipinski definition) is 2. The van der Waals surface area contributed by atoms with E-state index in [9.17, 15) is 4.79 Å². The van der Waals surface area contributed by atoms with E-state index < -0.39 is 5.97 Å². The fourth-order valence-electron chi connectivity index (χ4n) is 1.83. The number of aromatic carboxylic acids is 1. The molecule has 0 unspecified atom stereocenters. The number of benzene rings is 2. The van der Waals surface area contributed by atoms with Crippen LogP contribution in [0.1, 0.15) is 9.67 Å². The molecular formula is C13H8O2S. The normalized spacial score (nSPS) is 11.0. The lowest BCUT2D eigenvalue weighted by molar-refractivity contribution is 0.0702. The summed E-state index contributed by atoms with van der Waals surface area (Å²) in [4.78, 5) is 11.3. The minimum atomic E-state index is -0.856. The molecule has 0 spiro atoms. The van der Waals surface area contributed by atoms with Crippen LogP contribution in [-0.4, -0.2) is 11.1 Å². The Kier molecular flexibility index (Phi) is 1.94. The summed E-state index contributed by atoms with van der Waals surface area (Å²) in [5.41, 5.74) is 0. The molecule has 3 rings (SSSR count). The first-order chi connectivity index (χ1) is 7.74. The van der Waals surface area contributed by atoms with Gasteiger partial charge in [-0.25, -0.2) is 4.79 Å². The van der Waals surface area contributed by atoms with E-state index in [-0.39, 0.29) is 0 Å². The summed E-state index contributed by atoms with van der Waals surface area (Å²) in [5.74, 6) is -0.856. The van der Waals surface area contributed by atoms with Gasteiger partial charge in [0.25, 0.3) is 0 Å². The molecule has 1 N–H and O–H groups in total. The van der Waals surface area contributed by atoms with Crippen molar-refractivity contribution >= 4 is 38.2 Å². The maximum atomic E-state index is 10.9. The Morgan fingerprint density at radius 1 is 1.00 bits per heavy atom. The fraction of sp³-hybridized carbons (Fsp3) is 0. The van der Waals surface area contributed by atoms with E-state index in [2.05, 4.69) is 0 Å². The predicted molar refractivity (Wildman–Crippen MR) is 66.3 cm³/mol. The van der Waals surface area contributed by atoms with E-state index in [1.165, 1.54) is 11.3 Å². The molecule has 0 saturated carbocycles. The second-order valence-corrected chi connectivity index (χ2v) is 4.74. The van der Waals surface area contributed by atoms with Crippen molar-refractivity contribution in [1.82, 2.24) is 0 Å². The van der Waals surface area contributed by atoms with Crippen LogP contribution < -0.4 is 0 Å². The van der Waals surface area contributed by atoms with Gasteiger partial charge >= 0.3 is 5.97 Å². The molecule has 0 bridgehead atoms. The Morgan fingerprint density at radius 2 is 1.69 bits per heavy atom. The van der Waals surface area contributed by atoms with Gasteiger partial charge in [-0.2, -0.15) is 0 Å². The van der Waals surface area contributed by atoms with E-state index in [1.807, 2.05) is 36.4 Å². The molecule has 0 radical (unpaired) electrons. The molecule has 16 heavy (non-hydrogen) atoms. The molecule has 1 heterocycles. The molecule has 2 aromatic carbocycles. The summed E-state index contributed by atoms with van der Waals surface area (Å²) in [6.07, 6.45) is 0. The van der Waals surface area contributed by atoms with Gasteiger partial charge in [-0.3, -0.25) is 0 Å². The Labute approximate surface area is 95.8 Å². The van der Waals surface area contributed by atoms with Crippen molar-refractivity contribution in [3.8, 4) is 0 Å². The van der Waals surface area contributed by atoms with Crippen molar-refractivity contribution in [3.63, 3.8) is 0 Å².